The van der Waals surface area contributed by atoms with Gasteiger partial charge >= 0.3 is 0 Å². The second-order valence-corrected chi connectivity index (χ2v) is 5.63. The van der Waals surface area contributed by atoms with Crippen LogP contribution in [0.1, 0.15) is 31.4 Å². The van der Waals surface area contributed by atoms with Crippen molar-refractivity contribution in [2.45, 2.75) is 26.7 Å². The van der Waals surface area contributed by atoms with Gasteiger partial charge in [0.25, 0.3) is 0 Å². The van der Waals surface area contributed by atoms with E-state index in [0.29, 0.717) is 12.1 Å². The molecule has 1 N–H and O–H groups in total. The highest BCUT2D eigenvalue weighted by molar-refractivity contribution is 14.1. The molecule has 1 aromatic carbocycles. The van der Waals surface area contributed by atoms with Crippen molar-refractivity contribution in [1.82, 2.24) is 5.32 Å². The van der Waals surface area contributed by atoms with E-state index in [-0.39, 0.29) is 11.8 Å². The summed E-state index contributed by atoms with van der Waals surface area (Å²) < 4.78 is 1.17. The lowest BCUT2D eigenvalue weighted by molar-refractivity contribution is -0.123. The zero-order valence-corrected chi connectivity index (χ0v) is 12.8. The molecule has 0 saturated carbocycles. The number of nitrogens with zero attached hydrogens (tertiary/aromatic N) is 1. The van der Waals surface area contributed by atoms with Crippen LogP contribution in [-0.4, -0.2) is 12.5 Å². The van der Waals surface area contributed by atoms with E-state index >= 15 is 0 Å². The van der Waals surface area contributed by atoms with Crippen molar-refractivity contribution >= 4 is 28.5 Å². The Morgan fingerprint density at radius 2 is 2.22 bits per heavy atom. The quantitative estimate of drug-likeness (QED) is 0.652. The van der Waals surface area contributed by atoms with E-state index in [4.69, 9.17) is 5.26 Å². The summed E-state index contributed by atoms with van der Waals surface area (Å²) in [5, 5.41) is 11.7. The van der Waals surface area contributed by atoms with E-state index in [1.165, 1.54) is 9.13 Å². The van der Waals surface area contributed by atoms with Crippen LogP contribution in [0.15, 0.2) is 18.2 Å². The SMILES string of the molecule is CC(C)C(=O)NCCCc1cc(C#N)ccc1I. The Kier molecular flexibility index (Phi) is 6.13. The summed E-state index contributed by atoms with van der Waals surface area (Å²) in [5.41, 5.74) is 1.87. The summed E-state index contributed by atoms with van der Waals surface area (Å²) in [6.45, 7) is 4.45. The number of benzene rings is 1. The predicted molar refractivity (Wildman–Crippen MR) is 80.0 cm³/mol. The molecule has 0 atom stereocenters. The number of nitrogens with one attached hydrogen (secondary N) is 1. The van der Waals surface area contributed by atoms with E-state index < -0.39 is 0 Å². The van der Waals surface area contributed by atoms with Gasteiger partial charge in [0, 0.05) is 16.0 Å². The minimum Gasteiger partial charge on any atom is -0.356 e. The van der Waals surface area contributed by atoms with Gasteiger partial charge in [0.2, 0.25) is 5.91 Å². The zero-order valence-electron chi connectivity index (χ0n) is 10.7. The van der Waals surface area contributed by atoms with E-state index in [1.807, 2.05) is 32.0 Å². The first-order valence-corrected chi connectivity index (χ1v) is 7.08. The molecule has 0 bridgehead atoms. The highest BCUT2D eigenvalue weighted by atomic mass is 127. The first kappa shape index (κ1) is 15.0. The van der Waals surface area contributed by atoms with E-state index in [2.05, 4.69) is 34.0 Å². The van der Waals surface area contributed by atoms with Gasteiger partial charge in [0.15, 0.2) is 0 Å². The molecule has 0 saturated heterocycles. The largest absolute Gasteiger partial charge is 0.356 e. The van der Waals surface area contributed by atoms with Gasteiger partial charge < -0.3 is 5.32 Å². The van der Waals surface area contributed by atoms with Crippen LogP contribution >= 0.6 is 22.6 Å². The van der Waals surface area contributed by atoms with Crippen LogP contribution in [0.2, 0.25) is 0 Å². The molecular formula is C14H17IN2O. The van der Waals surface area contributed by atoms with Crippen LogP contribution in [-0.2, 0) is 11.2 Å². The van der Waals surface area contributed by atoms with Crippen LogP contribution in [0.5, 0.6) is 0 Å². The summed E-state index contributed by atoms with van der Waals surface area (Å²) >= 11 is 2.27. The fourth-order valence-corrected chi connectivity index (χ4v) is 2.14. The summed E-state index contributed by atoms with van der Waals surface area (Å²) in [7, 11) is 0. The highest BCUT2D eigenvalue weighted by Crippen LogP contribution is 2.15. The fourth-order valence-electron chi connectivity index (χ4n) is 1.53. The summed E-state index contributed by atoms with van der Waals surface area (Å²) in [6, 6.07) is 7.85. The number of carbonyl (C=O) groups excluding carboxylic acids is 1. The molecular weight excluding hydrogens is 339 g/mol. The second-order valence-electron chi connectivity index (χ2n) is 4.47. The maximum atomic E-state index is 11.4. The molecule has 4 heteroatoms. The van der Waals surface area contributed by atoms with Gasteiger partial charge in [-0.05, 0) is 59.2 Å². The van der Waals surface area contributed by atoms with Crippen molar-refractivity contribution < 1.29 is 4.79 Å². The Labute approximate surface area is 122 Å². The molecule has 0 heterocycles. The van der Waals surface area contributed by atoms with E-state index in [0.717, 1.165) is 12.8 Å². The topological polar surface area (TPSA) is 52.9 Å². The van der Waals surface area contributed by atoms with E-state index in [9.17, 15) is 4.79 Å². The smallest absolute Gasteiger partial charge is 0.222 e. The van der Waals surface area contributed by atoms with Gasteiger partial charge in [-0.25, -0.2) is 0 Å². The number of rotatable bonds is 5. The van der Waals surface area contributed by atoms with Crippen LogP contribution in [0, 0.1) is 20.8 Å². The van der Waals surface area contributed by atoms with Crippen LogP contribution in [0.4, 0.5) is 0 Å². The summed E-state index contributed by atoms with van der Waals surface area (Å²) in [5.74, 6) is 0.127. The van der Waals surface area contributed by atoms with Gasteiger partial charge in [-0.2, -0.15) is 5.26 Å². The standard InChI is InChI=1S/C14H17IN2O/c1-10(2)14(18)17-7-3-4-12-8-11(9-16)5-6-13(12)15/h5-6,8,10H,3-4,7H2,1-2H3,(H,17,18). The Hall–Kier alpha value is -1.09. The third kappa shape index (κ3) is 4.65. The molecule has 18 heavy (non-hydrogen) atoms. The van der Waals surface area contributed by atoms with Crippen LogP contribution in [0.3, 0.4) is 0 Å². The Morgan fingerprint density at radius 3 is 2.83 bits per heavy atom. The number of hydrogen-bond acceptors (Lipinski definition) is 2. The maximum absolute atomic E-state index is 11.4. The minimum absolute atomic E-state index is 0.0343. The van der Waals surface area contributed by atoms with Crippen molar-refractivity contribution in [1.29, 1.82) is 5.26 Å². The zero-order chi connectivity index (χ0) is 13.5. The highest BCUT2D eigenvalue weighted by Gasteiger charge is 2.06. The molecule has 0 unspecified atom stereocenters. The lowest BCUT2D eigenvalue weighted by atomic mass is 10.1. The van der Waals surface area contributed by atoms with Crippen molar-refractivity contribution in [2.75, 3.05) is 6.54 Å². The Balaban J connectivity index is 2.45. The first-order chi connectivity index (χ1) is 8.54. The molecule has 0 aromatic heterocycles. The Bertz CT molecular complexity index is 463. The molecule has 0 aliphatic rings. The third-order valence-electron chi connectivity index (χ3n) is 2.62. The molecule has 1 rings (SSSR count). The molecule has 1 aromatic rings. The first-order valence-electron chi connectivity index (χ1n) is 6.01. The van der Waals surface area contributed by atoms with Crippen molar-refractivity contribution in [2.24, 2.45) is 5.92 Å². The summed E-state index contributed by atoms with van der Waals surface area (Å²) in [4.78, 5) is 11.4. The average Bonchev–Trinajstić information content (AvgIpc) is 2.36. The second kappa shape index (κ2) is 7.37. The van der Waals surface area contributed by atoms with Gasteiger partial charge in [0.1, 0.15) is 0 Å². The molecule has 0 fully saturated rings. The number of halogens is 1. The number of nitriles is 1. The van der Waals surface area contributed by atoms with Crippen molar-refractivity contribution in [3.8, 4) is 6.07 Å². The van der Waals surface area contributed by atoms with Gasteiger partial charge in [-0.1, -0.05) is 13.8 Å². The summed E-state index contributed by atoms with van der Waals surface area (Å²) in [6.07, 6.45) is 1.77. The normalized spacial score (nSPS) is 10.2. The number of amides is 1. The molecule has 96 valence electrons. The van der Waals surface area contributed by atoms with Gasteiger partial charge in [-0.15, -0.1) is 0 Å². The molecule has 0 radical (unpaired) electrons. The van der Waals surface area contributed by atoms with Crippen molar-refractivity contribution in [3.05, 3.63) is 32.9 Å². The number of hydrogen-bond donors (Lipinski definition) is 1. The molecule has 0 spiro atoms. The third-order valence-corrected chi connectivity index (χ3v) is 3.67. The Morgan fingerprint density at radius 1 is 1.50 bits per heavy atom. The molecule has 0 aliphatic heterocycles. The molecule has 3 nitrogen and oxygen atoms in total. The minimum atomic E-state index is 0.0343. The molecule has 0 aliphatic carbocycles. The van der Waals surface area contributed by atoms with Gasteiger partial charge in [-0.3, -0.25) is 4.79 Å². The van der Waals surface area contributed by atoms with Gasteiger partial charge in [0.05, 0.1) is 11.6 Å². The predicted octanol–water partition coefficient (Wildman–Crippen LogP) is 2.87. The maximum Gasteiger partial charge on any atom is 0.222 e. The fraction of sp³-hybridized carbons (Fsp3) is 0.429. The monoisotopic (exact) mass is 356 g/mol. The average molecular weight is 356 g/mol. The number of aryl methyl sites for hydroxylation is 1. The number of carbonyl (C=O) groups is 1. The molecule has 1 amide bonds. The lowest BCUT2D eigenvalue weighted by Crippen LogP contribution is -2.28. The van der Waals surface area contributed by atoms with Crippen LogP contribution in [0.25, 0.3) is 0 Å². The van der Waals surface area contributed by atoms with Crippen molar-refractivity contribution in [3.63, 3.8) is 0 Å². The lowest BCUT2D eigenvalue weighted by Gasteiger charge is -2.08. The van der Waals surface area contributed by atoms with Crippen LogP contribution < -0.4 is 5.32 Å². The van der Waals surface area contributed by atoms with E-state index in [1.54, 1.807) is 0 Å².